The van der Waals surface area contributed by atoms with Crippen molar-refractivity contribution in [1.82, 2.24) is 4.98 Å². The zero-order valence-corrected chi connectivity index (χ0v) is 9.27. The van der Waals surface area contributed by atoms with Crippen LogP contribution >= 0.6 is 15.9 Å². The maximum Gasteiger partial charge on any atom is 0.225 e. The number of carbonyl (C=O) groups excluding carboxylic acids is 1. The van der Waals surface area contributed by atoms with E-state index in [-0.39, 0.29) is 5.91 Å². The number of carbonyl (C=O) groups is 1. The molecule has 14 heavy (non-hydrogen) atoms. The van der Waals surface area contributed by atoms with Gasteiger partial charge in [-0.1, -0.05) is 6.92 Å². The fourth-order valence-corrected chi connectivity index (χ4v) is 1.35. The molecule has 0 saturated heterocycles. The highest BCUT2D eigenvalue weighted by Crippen LogP contribution is 2.20. The second-order valence-corrected chi connectivity index (χ2v) is 3.64. The summed E-state index contributed by atoms with van der Waals surface area (Å²) in [5.41, 5.74) is 0. The summed E-state index contributed by atoms with van der Waals surface area (Å²) in [6.45, 7) is 1.91. The first kappa shape index (κ1) is 11.1. The fourth-order valence-electron chi connectivity index (χ4n) is 0.928. The lowest BCUT2D eigenvalue weighted by Gasteiger charge is -2.04. The number of hydrogen-bond acceptors (Lipinski definition) is 2. The van der Waals surface area contributed by atoms with Crippen LogP contribution in [0.2, 0.25) is 0 Å². The van der Waals surface area contributed by atoms with Crippen LogP contribution in [0.25, 0.3) is 0 Å². The topological polar surface area (TPSA) is 42.0 Å². The molecule has 0 unspecified atom stereocenters. The van der Waals surface area contributed by atoms with Crippen LogP contribution in [0.5, 0.6) is 0 Å². The van der Waals surface area contributed by atoms with Crippen molar-refractivity contribution in [3.8, 4) is 0 Å². The SMILES string of the molecule is CCCC(=O)Nc1ncc(F)cc1Br. The molecule has 1 aromatic heterocycles. The Morgan fingerprint density at radius 1 is 1.71 bits per heavy atom. The van der Waals surface area contributed by atoms with Crippen molar-refractivity contribution in [3.05, 3.63) is 22.6 Å². The van der Waals surface area contributed by atoms with Gasteiger partial charge in [-0.15, -0.1) is 0 Å². The summed E-state index contributed by atoms with van der Waals surface area (Å²) in [7, 11) is 0. The van der Waals surface area contributed by atoms with Gasteiger partial charge in [0.05, 0.1) is 10.7 Å². The van der Waals surface area contributed by atoms with E-state index < -0.39 is 5.82 Å². The van der Waals surface area contributed by atoms with Crippen LogP contribution < -0.4 is 5.32 Å². The van der Waals surface area contributed by atoms with E-state index in [0.717, 1.165) is 12.6 Å². The lowest BCUT2D eigenvalue weighted by Crippen LogP contribution is -2.12. The van der Waals surface area contributed by atoms with E-state index in [1.165, 1.54) is 6.07 Å². The van der Waals surface area contributed by atoms with Crippen molar-refractivity contribution >= 4 is 27.7 Å². The fraction of sp³-hybridized carbons (Fsp3) is 0.333. The molecular weight excluding hydrogens is 251 g/mol. The molecule has 0 aliphatic carbocycles. The Hall–Kier alpha value is -0.970. The van der Waals surface area contributed by atoms with E-state index in [9.17, 15) is 9.18 Å². The number of pyridine rings is 1. The molecule has 0 aliphatic rings. The normalized spacial score (nSPS) is 9.93. The molecule has 0 atom stereocenters. The Morgan fingerprint density at radius 2 is 2.43 bits per heavy atom. The standard InChI is InChI=1S/C9H10BrFN2O/c1-2-3-8(14)13-9-7(10)4-6(11)5-12-9/h4-5H,2-3H2,1H3,(H,12,13,14). The van der Waals surface area contributed by atoms with Crippen LogP contribution in [0.4, 0.5) is 10.2 Å². The van der Waals surface area contributed by atoms with Crippen molar-refractivity contribution in [2.45, 2.75) is 19.8 Å². The second kappa shape index (κ2) is 5.05. The van der Waals surface area contributed by atoms with Crippen molar-refractivity contribution in [2.24, 2.45) is 0 Å². The predicted octanol–water partition coefficient (Wildman–Crippen LogP) is 2.72. The van der Waals surface area contributed by atoms with E-state index in [2.05, 4.69) is 26.2 Å². The largest absolute Gasteiger partial charge is 0.310 e. The highest BCUT2D eigenvalue weighted by molar-refractivity contribution is 9.10. The number of aromatic nitrogens is 1. The number of rotatable bonds is 3. The summed E-state index contributed by atoms with van der Waals surface area (Å²) >= 11 is 3.11. The van der Waals surface area contributed by atoms with Crippen LogP contribution in [-0.2, 0) is 4.79 Å². The third-order valence-corrected chi connectivity index (χ3v) is 2.15. The minimum absolute atomic E-state index is 0.118. The summed E-state index contributed by atoms with van der Waals surface area (Å²) in [5.74, 6) is -0.206. The molecule has 1 rings (SSSR count). The van der Waals surface area contributed by atoms with Gasteiger partial charge in [0, 0.05) is 6.42 Å². The quantitative estimate of drug-likeness (QED) is 0.908. The van der Waals surface area contributed by atoms with Crippen molar-refractivity contribution in [1.29, 1.82) is 0 Å². The maximum atomic E-state index is 12.6. The molecule has 1 amide bonds. The van der Waals surface area contributed by atoms with Gasteiger partial charge in [0.2, 0.25) is 5.91 Å². The van der Waals surface area contributed by atoms with E-state index in [0.29, 0.717) is 16.7 Å². The van der Waals surface area contributed by atoms with Crippen LogP contribution in [0.3, 0.4) is 0 Å². The lowest BCUT2D eigenvalue weighted by molar-refractivity contribution is -0.116. The molecule has 1 N–H and O–H groups in total. The molecule has 0 aromatic carbocycles. The number of hydrogen-bond donors (Lipinski definition) is 1. The molecule has 0 saturated carbocycles. The molecule has 76 valence electrons. The average Bonchev–Trinajstić information content (AvgIpc) is 2.10. The first-order chi connectivity index (χ1) is 6.63. The molecule has 1 heterocycles. The average molecular weight is 261 g/mol. The number of nitrogens with one attached hydrogen (secondary N) is 1. The number of nitrogens with zero attached hydrogens (tertiary/aromatic N) is 1. The molecule has 0 aliphatic heterocycles. The van der Waals surface area contributed by atoms with Gasteiger partial charge in [-0.05, 0) is 28.4 Å². The summed E-state index contributed by atoms with van der Waals surface area (Å²) in [5, 5.41) is 2.57. The molecule has 5 heteroatoms. The Labute approximate surface area is 89.9 Å². The Kier molecular flexibility index (Phi) is 4.00. The van der Waals surface area contributed by atoms with Crippen LogP contribution in [0.15, 0.2) is 16.7 Å². The highest BCUT2D eigenvalue weighted by Gasteiger charge is 2.06. The van der Waals surface area contributed by atoms with E-state index in [4.69, 9.17) is 0 Å². The van der Waals surface area contributed by atoms with Gasteiger partial charge in [-0.3, -0.25) is 4.79 Å². The summed E-state index contributed by atoms with van der Waals surface area (Å²) in [6.07, 6.45) is 2.27. The van der Waals surface area contributed by atoms with Gasteiger partial charge in [0.25, 0.3) is 0 Å². The minimum atomic E-state index is -0.439. The monoisotopic (exact) mass is 260 g/mol. The van der Waals surface area contributed by atoms with Crippen molar-refractivity contribution < 1.29 is 9.18 Å². The smallest absolute Gasteiger partial charge is 0.225 e. The summed E-state index contributed by atoms with van der Waals surface area (Å²) in [4.78, 5) is 14.9. The predicted molar refractivity (Wildman–Crippen MR) is 55.4 cm³/mol. The molecule has 0 radical (unpaired) electrons. The van der Waals surface area contributed by atoms with Crippen molar-refractivity contribution in [3.63, 3.8) is 0 Å². The summed E-state index contributed by atoms with van der Waals surface area (Å²) in [6, 6.07) is 1.26. The van der Waals surface area contributed by atoms with E-state index in [1.807, 2.05) is 6.92 Å². The number of amides is 1. The van der Waals surface area contributed by atoms with Gasteiger partial charge in [-0.25, -0.2) is 9.37 Å². The minimum Gasteiger partial charge on any atom is -0.310 e. The van der Waals surface area contributed by atoms with Gasteiger partial charge in [0.15, 0.2) is 0 Å². The zero-order valence-electron chi connectivity index (χ0n) is 7.68. The molecule has 0 fully saturated rings. The Morgan fingerprint density at radius 3 is 3.00 bits per heavy atom. The highest BCUT2D eigenvalue weighted by atomic mass is 79.9. The number of anilines is 1. The van der Waals surface area contributed by atoms with Crippen LogP contribution in [0.1, 0.15) is 19.8 Å². The van der Waals surface area contributed by atoms with E-state index in [1.54, 1.807) is 0 Å². The second-order valence-electron chi connectivity index (χ2n) is 2.78. The molecule has 1 aromatic rings. The molecule has 0 bridgehead atoms. The lowest BCUT2D eigenvalue weighted by atomic mass is 10.3. The molecule has 3 nitrogen and oxygen atoms in total. The third kappa shape index (κ3) is 3.06. The zero-order chi connectivity index (χ0) is 10.6. The maximum absolute atomic E-state index is 12.6. The van der Waals surface area contributed by atoms with Crippen LogP contribution in [0, 0.1) is 5.82 Å². The van der Waals surface area contributed by atoms with Gasteiger partial charge in [0.1, 0.15) is 11.6 Å². The van der Waals surface area contributed by atoms with Gasteiger partial charge < -0.3 is 5.32 Å². The Balaban J connectivity index is 2.72. The summed E-state index contributed by atoms with van der Waals surface area (Å²) < 4.78 is 13.1. The molecule has 0 spiro atoms. The van der Waals surface area contributed by atoms with E-state index >= 15 is 0 Å². The van der Waals surface area contributed by atoms with Crippen LogP contribution in [-0.4, -0.2) is 10.9 Å². The Bertz CT molecular complexity index is 344. The van der Waals surface area contributed by atoms with Gasteiger partial charge in [-0.2, -0.15) is 0 Å². The molecular formula is C9H10BrFN2O. The first-order valence-corrected chi connectivity index (χ1v) is 5.03. The van der Waals surface area contributed by atoms with Crippen molar-refractivity contribution in [2.75, 3.05) is 5.32 Å². The third-order valence-electron chi connectivity index (χ3n) is 1.54. The van der Waals surface area contributed by atoms with Gasteiger partial charge >= 0.3 is 0 Å². The number of halogens is 2. The first-order valence-electron chi connectivity index (χ1n) is 4.24.